The smallest absolute Gasteiger partial charge is 0.326 e. The Morgan fingerprint density at radius 1 is 0.638 bits per heavy atom. The molecule has 8 atom stereocenters. The van der Waals surface area contributed by atoms with Crippen molar-refractivity contribution in [1.82, 2.24) is 31.6 Å². The van der Waals surface area contributed by atoms with Crippen molar-refractivity contribution in [2.24, 2.45) is 23.5 Å². The number of fused-ring (bicyclic) bond motifs is 1. The van der Waals surface area contributed by atoms with E-state index in [1.807, 2.05) is 45.0 Å². The molecule has 16 heteroatoms. The number of para-hydroxylation sites is 1. The molecule has 0 spiro atoms. The van der Waals surface area contributed by atoms with Gasteiger partial charge in [0.05, 0.1) is 12.5 Å². The lowest BCUT2D eigenvalue weighted by Gasteiger charge is -2.29. The van der Waals surface area contributed by atoms with Gasteiger partial charge in [-0.3, -0.25) is 28.8 Å². The first-order valence-electron chi connectivity index (χ1n) is 19.8. The van der Waals surface area contributed by atoms with Crippen molar-refractivity contribution < 1.29 is 43.8 Å². The summed E-state index contributed by atoms with van der Waals surface area (Å²) in [6.45, 7) is 11.0. The summed E-state index contributed by atoms with van der Waals surface area (Å²) in [7, 11) is 0. The van der Waals surface area contributed by atoms with Crippen molar-refractivity contribution in [2.75, 3.05) is 0 Å². The van der Waals surface area contributed by atoms with Crippen molar-refractivity contribution in [3.8, 4) is 0 Å². The van der Waals surface area contributed by atoms with Crippen molar-refractivity contribution in [1.29, 1.82) is 0 Å². The van der Waals surface area contributed by atoms with E-state index in [2.05, 4.69) is 31.6 Å². The van der Waals surface area contributed by atoms with Gasteiger partial charge in [0, 0.05) is 29.9 Å². The second kappa shape index (κ2) is 22.2. The van der Waals surface area contributed by atoms with Gasteiger partial charge < -0.3 is 47.5 Å². The summed E-state index contributed by atoms with van der Waals surface area (Å²) in [5.41, 5.74) is 8.34. The van der Waals surface area contributed by atoms with Crippen LogP contribution in [0.5, 0.6) is 0 Å². The maximum Gasteiger partial charge on any atom is 0.326 e. The Morgan fingerprint density at radius 3 is 1.76 bits per heavy atom. The predicted octanol–water partition coefficient (Wildman–Crippen LogP) is 2.40. The molecule has 3 aromatic rings. The van der Waals surface area contributed by atoms with Crippen LogP contribution in [0.4, 0.5) is 0 Å². The molecule has 0 aliphatic heterocycles. The van der Waals surface area contributed by atoms with E-state index < -0.39 is 84.1 Å². The highest BCUT2D eigenvalue weighted by atomic mass is 16.4. The van der Waals surface area contributed by atoms with Crippen LogP contribution in [0.3, 0.4) is 0 Å². The predicted molar refractivity (Wildman–Crippen MR) is 218 cm³/mol. The summed E-state index contributed by atoms with van der Waals surface area (Å²) in [6, 6.07) is 8.78. The number of aromatic amines is 1. The van der Waals surface area contributed by atoms with Crippen LogP contribution in [0.25, 0.3) is 10.9 Å². The Morgan fingerprint density at radius 2 is 1.17 bits per heavy atom. The first kappa shape index (κ1) is 46.6. The number of H-pyrrole nitrogens is 1. The van der Waals surface area contributed by atoms with Crippen LogP contribution in [-0.2, 0) is 46.4 Å². The third-order valence-electron chi connectivity index (χ3n) is 10.3. The van der Waals surface area contributed by atoms with E-state index in [0.717, 1.165) is 10.9 Å². The lowest BCUT2D eigenvalue weighted by atomic mass is 9.95. The van der Waals surface area contributed by atoms with Crippen LogP contribution in [0.1, 0.15) is 78.4 Å². The molecule has 0 unspecified atom stereocenters. The van der Waals surface area contributed by atoms with E-state index in [4.69, 9.17) is 5.73 Å². The Bertz CT molecular complexity index is 1880. The highest BCUT2D eigenvalue weighted by Crippen LogP contribution is 2.20. The molecule has 0 radical (unpaired) electrons. The largest absolute Gasteiger partial charge is 0.481 e. The molecule has 5 amide bonds. The average Bonchev–Trinajstić information content (AvgIpc) is 3.60. The molecule has 0 bridgehead atoms. The molecule has 2 aromatic carbocycles. The molecule has 1 heterocycles. The molecule has 0 aliphatic carbocycles. The normalized spacial score (nSPS) is 15.4. The fraction of sp³-hybridized carbons (Fsp3) is 0.500. The Kier molecular flexibility index (Phi) is 17.9. The van der Waals surface area contributed by atoms with Crippen LogP contribution >= 0.6 is 0 Å². The van der Waals surface area contributed by atoms with Crippen molar-refractivity contribution in [3.63, 3.8) is 0 Å². The van der Waals surface area contributed by atoms with E-state index in [1.54, 1.807) is 57.3 Å². The van der Waals surface area contributed by atoms with Gasteiger partial charge in [0.1, 0.15) is 30.2 Å². The van der Waals surface area contributed by atoms with E-state index in [0.29, 0.717) is 24.0 Å². The zero-order valence-corrected chi connectivity index (χ0v) is 34.0. The second-order valence-corrected chi connectivity index (χ2v) is 15.3. The SMILES string of the molecule is CC[C@H](C)[C@H](N)C(=O)N[C@H](C(=O)N[C@@H](Cc1ccccc1)C(=O)N[C@H](Cc1c[nH]c2ccccc12)C(=O)N[C@@H](CC(C)C)C(=O)N[C@@H](CC(=O)O)C(=O)O)[C@@H](C)CC. The fourth-order valence-corrected chi connectivity index (χ4v) is 6.41. The van der Waals surface area contributed by atoms with Crippen LogP contribution < -0.4 is 32.3 Å². The number of benzene rings is 2. The van der Waals surface area contributed by atoms with Gasteiger partial charge in [-0.25, -0.2) is 4.79 Å². The summed E-state index contributed by atoms with van der Waals surface area (Å²) < 4.78 is 0. The summed E-state index contributed by atoms with van der Waals surface area (Å²) in [4.78, 5) is 95.6. The third-order valence-corrected chi connectivity index (χ3v) is 10.3. The molecule has 0 saturated heterocycles. The van der Waals surface area contributed by atoms with Gasteiger partial charge >= 0.3 is 11.9 Å². The van der Waals surface area contributed by atoms with Gasteiger partial charge in [0.25, 0.3) is 0 Å². The first-order chi connectivity index (χ1) is 27.4. The number of hydrogen-bond acceptors (Lipinski definition) is 8. The molecule has 3 rings (SSSR count). The number of aliphatic carboxylic acids is 2. The van der Waals surface area contributed by atoms with Gasteiger partial charge in [-0.05, 0) is 41.4 Å². The minimum Gasteiger partial charge on any atom is -0.481 e. The number of nitrogens with two attached hydrogens (primary N) is 1. The molecule has 0 aliphatic rings. The number of carbonyl (C=O) groups is 7. The number of amides is 5. The van der Waals surface area contributed by atoms with Crippen LogP contribution in [0.2, 0.25) is 0 Å². The Labute approximate surface area is 338 Å². The molecule has 58 heavy (non-hydrogen) atoms. The van der Waals surface area contributed by atoms with E-state index in [-0.39, 0.29) is 37.0 Å². The van der Waals surface area contributed by atoms with E-state index in [1.165, 1.54) is 0 Å². The summed E-state index contributed by atoms with van der Waals surface area (Å²) in [6.07, 6.45) is 2.01. The summed E-state index contributed by atoms with van der Waals surface area (Å²) >= 11 is 0. The number of carboxylic acid groups (broad SMARTS) is 2. The van der Waals surface area contributed by atoms with Crippen molar-refractivity contribution in [3.05, 3.63) is 71.9 Å². The first-order valence-corrected chi connectivity index (χ1v) is 19.8. The van der Waals surface area contributed by atoms with Gasteiger partial charge in [0.15, 0.2) is 0 Å². The minimum absolute atomic E-state index is 0.0198. The van der Waals surface area contributed by atoms with Crippen LogP contribution in [0.15, 0.2) is 60.8 Å². The topological polar surface area (TPSA) is 262 Å². The minimum atomic E-state index is -1.75. The zero-order valence-electron chi connectivity index (χ0n) is 34.0. The third kappa shape index (κ3) is 13.7. The number of nitrogens with one attached hydrogen (secondary N) is 6. The van der Waals surface area contributed by atoms with Gasteiger partial charge in [-0.2, -0.15) is 0 Å². The van der Waals surface area contributed by atoms with Gasteiger partial charge in [0.2, 0.25) is 29.5 Å². The van der Waals surface area contributed by atoms with Crippen molar-refractivity contribution >= 4 is 52.4 Å². The van der Waals surface area contributed by atoms with Gasteiger partial charge in [-0.1, -0.05) is 103 Å². The number of hydrogen-bond donors (Lipinski definition) is 9. The quantitative estimate of drug-likeness (QED) is 0.0676. The lowest BCUT2D eigenvalue weighted by Crippen LogP contribution is -2.61. The molecule has 16 nitrogen and oxygen atoms in total. The molecule has 1 aromatic heterocycles. The number of carboxylic acids is 2. The molecule has 0 saturated carbocycles. The monoisotopic (exact) mass is 805 g/mol. The fourth-order valence-electron chi connectivity index (χ4n) is 6.41. The van der Waals surface area contributed by atoms with Crippen molar-refractivity contribution in [2.45, 2.75) is 116 Å². The average molecular weight is 806 g/mol. The maximum absolute atomic E-state index is 14.4. The standard InChI is InChI=1S/C42H59N7O9/c1-7-24(5)35(43)40(55)49-36(25(6)8-2)41(56)47-31(19-26-14-10-9-11-15-26)38(53)46-32(20-27-22-44-29-17-13-12-16-28(27)29)39(54)45-30(18-23(3)4)37(52)48-33(42(57)58)21-34(50)51/h9-17,22-25,30-33,35-36,44H,7-8,18-21,43H2,1-6H3,(H,45,54)(H,46,53)(H,47,56)(H,48,52)(H,49,55)(H,50,51)(H,57,58)/t24-,25-,30-,31-,32+,33-,35-,36-/m0/s1. The zero-order chi connectivity index (χ0) is 43.1. The summed E-state index contributed by atoms with van der Waals surface area (Å²) in [5.74, 6) is -7.18. The molecular formula is C42H59N7O9. The highest BCUT2D eigenvalue weighted by Gasteiger charge is 2.35. The maximum atomic E-state index is 14.4. The molecule has 10 N–H and O–H groups in total. The number of aromatic nitrogens is 1. The Hall–Kier alpha value is -5.77. The van der Waals surface area contributed by atoms with Gasteiger partial charge in [-0.15, -0.1) is 0 Å². The van der Waals surface area contributed by atoms with Crippen LogP contribution in [0, 0.1) is 17.8 Å². The Balaban J connectivity index is 2.00. The second-order valence-electron chi connectivity index (χ2n) is 15.3. The molecule has 0 fully saturated rings. The van der Waals surface area contributed by atoms with E-state index in [9.17, 15) is 43.8 Å². The number of rotatable bonds is 23. The van der Waals surface area contributed by atoms with E-state index >= 15 is 0 Å². The highest BCUT2D eigenvalue weighted by molar-refractivity contribution is 5.97. The number of carbonyl (C=O) groups excluding carboxylic acids is 5. The molecular weight excluding hydrogens is 747 g/mol. The summed E-state index contributed by atoms with van der Waals surface area (Å²) in [5, 5.41) is 32.8. The van der Waals surface area contributed by atoms with Crippen LogP contribution in [-0.4, -0.2) is 92.9 Å². The lowest BCUT2D eigenvalue weighted by molar-refractivity contribution is -0.147. The molecule has 316 valence electrons.